The highest BCUT2D eigenvalue weighted by molar-refractivity contribution is 5.20. The van der Waals surface area contributed by atoms with E-state index >= 15 is 0 Å². The summed E-state index contributed by atoms with van der Waals surface area (Å²) in [4.78, 5) is 0. The molecule has 1 nitrogen and oxygen atoms in total. The van der Waals surface area contributed by atoms with Gasteiger partial charge in [-0.05, 0) is 19.9 Å². The van der Waals surface area contributed by atoms with Crippen LogP contribution < -0.4 is 5.32 Å². The number of nitrogens with one attached hydrogen (secondary N) is 1. The van der Waals surface area contributed by atoms with E-state index in [0.29, 0.717) is 12.0 Å². The van der Waals surface area contributed by atoms with Crippen LogP contribution in [0.25, 0.3) is 0 Å². The Hall–Kier alpha value is -0.820. The Bertz CT molecular complexity index is 197. The molecular formula is C12H19N. The first kappa shape index (κ1) is 10.3. The number of rotatable bonds is 4. The maximum Gasteiger partial charge on any atom is 0.0136 e. The van der Waals surface area contributed by atoms with E-state index in [9.17, 15) is 0 Å². The maximum absolute atomic E-state index is 3.50. The van der Waals surface area contributed by atoms with Crippen LogP contribution in [0.15, 0.2) is 36.5 Å². The summed E-state index contributed by atoms with van der Waals surface area (Å²) in [7, 11) is 0. The second-order valence-electron chi connectivity index (χ2n) is 3.47. The largest absolute Gasteiger partial charge is 0.313 e. The van der Waals surface area contributed by atoms with Gasteiger partial charge in [-0.2, -0.15) is 0 Å². The fourth-order valence-corrected chi connectivity index (χ4v) is 1.42. The summed E-state index contributed by atoms with van der Waals surface area (Å²) in [6, 6.07) is 0.535. The summed E-state index contributed by atoms with van der Waals surface area (Å²) in [6.45, 7) is 5.53. The molecule has 1 aliphatic rings. The van der Waals surface area contributed by atoms with Crippen molar-refractivity contribution in [3.8, 4) is 0 Å². The maximum atomic E-state index is 3.50. The van der Waals surface area contributed by atoms with Crippen LogP contribution in [0.3, 0.4) is 0 Å². The number of allylic oxidation sites excluding steroid dienone is 4. The third-order valence-electron chi connectivity index (χ3n) is 2.29. The van der Waals surface area contributed by atoms with Crippen molar-refractivity contribution >= 4 is 0 Å². The van der Waals surface area contributed by atoms with Crippen molar-refractivity contribution in [2.75, 3.05) is 6.54 Å². The topological polar surface area (TPSA) is 12.0 Å². The van der Waals surface area contributed by atoms with E-state index in [-0.39, 0.29) is 0 Å². The molecule has 1 heteroatoms. The molecule has 0 saturated carbocycles. The lowest BCUT2D eigenvalue weighted by atomic mass is 10.0. The SMILES string of the molecule is CCCNC(C)C1C=CC=CC=C1. The monoisotopic (exact) mass is 177 g/mol. The normalized spacial score (nSPS) is 18.9. The van der Waals surface area contributed by atoms with E-state index in [0.717, 1.165) is 6.54 Å². The van der Waals surface area contributed by atoms with Gasteiger partial charge in [0.15, 0.2) is 0 Å². The van der Waals surface area contributed by atoms with Gasteiger partial charge in [0.2, 0.25) is 0 Å². The summed E-state index contributed by atoms with van der Waals surface area (Å²) < 4.78 is 0. The molecule has 0 saturated heterocycles. The zero-order chi connectivity index (χ0) is 9.52. The molecule has 0 heterocycles. The smallest absolute Gasteiger partial charge is 0.0136 e. The van der Waals surface area contributed by atoms with Gasteiger partial charge in [0.25, 0.3) is 0 Å². The molecule has 0 radical (unpaired) electrons. The quantitative estimate of drug-likeness (QED) is 0.696. The second kappa shape index (κ2) is 5.76. The van der Waals surface area contributed by atoms with Crippen molar-refractivity contribution in [1.29, 1.82) is 0 Å². The first-order chi connectivity index (χ1) is 6.34. The van der Waals surface area contributed by atoms with Crippen LogP contribution in [-0.2, 0) is 0 Å². The van der Waals surface area contributed by atoms with E-state index in [1.54, 1.807) is 0 Å². The summed E-state index contributed by atoms with van der Waals surface area (Å²) >= 11 is 0. The standard InChI is InChI=1S/C12H19N/c1-3-10-13-11(2)12-8-6-4-5-7-9-12/h4-9,11-13H,3,10H2,1-2H3. The molecule has 0 fully saturated rings. The van der Waals surface area contributed by atoms with Gasteiger partial charge in [-0.3, -0.25) is 0 Å². The Kier molecular flexibility index (Phi) is 4.55. The van der Waals surface area contributed by atoms with Crippen molar-refractivity contribution in [2.45, 2.75) is 26.3 Å². The molecule has 1 aliphatic carbocycles. The van der Waals surface area contributed by atoms with Crippen molar-refractivity contribution in [3.63, 3.8) is 0 Å². The van der Waals surface area contributed by atoms with Gasteiger partial charge < -0.3 is 5.32 Å². The molecule has 0 aromatic rings. The highest BCUT2D eigenvalue weighted by Gasteiger charge is 2.09. The Morgan fingerprint density at radius 1 is 1.15 bits per heavy atom. The predicted molar refractivity (Wildman–Crippen MR) is 58.7 cm³/mol. The fraction of sp³-hybridized carbons (Fsp3) is 0.500. The molecule has 1 unspecified atom stereocenters. The van der Waals surface area contributed by atoms with E-state index in [4.69, 9.17) is 0 Å². The molecule has 0 aromatic heterocycles. The van der Waals surface area contributed by atoms with Gasteiger partial charge in [0, 0.05) is 12.0 Å². The van der Waals surface area contributed by atoms with E-state index in [2.05, 4.69) is 55.6 Å². The van der Waals surface area contributed by atoms with Crippen LogP contribution >= 0.6 is 0 Å². The predicted octanol–water partition coefficient (Wildman–Crippen LogP) is 2.67. The molecule has 1 rings (SSSR count). The minimum atomic E-state index is 0.529. The number of hydrogen-bond acceptors (Lipinski definition) is 1. The summed E-state index contributed by atoms with van der Waals surface area (Å²) in [6.07, 6.45) is 14.1. The van der Waals surface area contributed by atoms with Crippen LogP contribution in [0.4, 0.5) is 0 Å². The van der Waals surface area contributed by atoms with Crippen molar-refractivity contribution in [1.82, 2.24) is 5.32 Å². The van der Waals surface area contributed by atoms with E-state index < -0.39 is 0 Å². The molecule has 72 valence electrons. The molecule has 0 amide bonds. The second-order valence-corrected chi connectivity index (χ2v) is 3.47. The lowest BCUT2D eigenvalue weighted by molar-refractivity contribution is 0.489. The third-order valence-corrected chi connectivity index (χ3v) is 2.29. The van der Waals surface area contributed by atoms with Gasteiger partial charge in [-0.15, -0.1) is 0 Å². The van der Waals surface area contributed by atoms with Crippen molar-refractivity contribution in [3.05, 3.63) is 36.5 Å². The molecule has 1 atom stereocenters. The Labute approximate surface area is 81.2 Å². The van der Waals surface area contributed by atoms with Gasteiger partial charge in [-0.1, -0.05) is 43.4 Å². The van der Waals surface area contributed by atoms with Crippen LogP contribution in [0.2, 0.25) is 0 Å². The highest BCUT2D eigenvalue weighted by Crippen LogP contribution is 2.10. The average molecular weight is 177 g/mol. The summed E-state index contributed by atoms with van der Waals surface area (Å²) in [5.41, 5.74) is 0. The summed E-state index contributed by atoms with van der Waals surface area (Å²) in [5, 5.41) is 3.50. The highest BCUT2D eigenvalue weighted by atomic mass is 14.9. The van der Waals surface area contributed by atoms with Crippen LogP contribution in [0.1, 0.15) is 20.3 Å². The number of hydrogen-bond donors (Lipinski definition) is 1. The zero-order valence-electron chi connectivity index (χ0n) is 8.53. The van der Waals surface area contributed by atoms with Gasteiger partial charge >= 0.3 is 0 Å². The van der Waals surface area contributed by atoms with Gasteiger partial charge in [-0.25, -0.2) is 0 Å². The molecular weight excluding hydrogens is 158 g/mol. The summed E-state index contributed by atoms with van der Waals surface area (Å²) in [5.74, 6) is 0.529. The Balaban J connectivity index is 2.41. The van der Waals surface area contributed by atoms with Crippen LogP contribution in [-0.4, -0.2) is 12.6 Å². The van der Waals surface area contributed by atoms with E-state index in [1.807, 2.05) is 0 Å². The van der Waals surface area contributed by atoms with Crippen LogP contribution in [0, 0.1) is 5.92 Å². The van der Waals surface area contributed by atoms with Crippen molar-refractivity contribution in [2.24, 2.45) is 5.92 Å². The minimum absolute atomic E-state index is 0.529. The molecule has 0 aromatic carbocycles. The lowest BCUT2D eigenvalue weighted by Gasteiger charge is -2.18. The van der Waals surface area contributed by atoms with Gasteiger partial charge in [0.1, 0.15) is 0 Å². The fourth-order valence-electron chi connectivity index (χ4n) is 1.42. The molecule has 0 aliphatic heterocycles. The molecule has 1 N–H and O–H groups in total. The van der Waals surface area contributed by atoms with Crippen molar-refractivity contribution < 1.29 is 0 Å². The first-order valence-electron chi connectivity index (χ1n) is 5.09. The zero-order valence-corrected chi connectivity index (χ0v) is 8.53. The Morgan fingerprint density at radius 2 is 1.77 bits per heavy atom. The molecule has 0 spiro atoms. The molecule has 0 bridgehead atoms. The Morgan fingerprint density at radius 3 is 2.31 bits per heavy atom. The van der Waals surface area contributed by atoms with E-state index in [1.165, 1.54) is 6.42 Å². The first-order valence-corrected chi connectivity index (χ1v) is 5.09. The van der Waals surface area contributed by atoms with Gasteiger partial charge in [0.05, 0.1) is 0 Å². The average Bonchev–Trinajstić information content (AvgIpc) is 2.42. The molecule has 13 heavy (non-hydrogen) atoms. The minimum Gasteiger partial charge on any atom is -0.313 e. The van der Waals surface area contributed by atoms with Crippen LogP contribution in [0.5, 0.6) is 0 Å². The lowest BCUT2D eigenvalue weighted by Crippen LogP contribution is -2.32. The third kappa shape index (κ3) is 3.60.